The van der Waals surface area contributed by atoms with Gasteiger partial charge in [0.25, 0.3) is 5.91 Å². The normalized spacial score (nSPS) is 10.0. The number of nitrogens with zero attached hydrogens (tertiary/aromatic N) is 1. The summed E-state index contributed by atoms with van der Waals surface area (Å²) in [5, 5.41) is 2.67. The Balaban J connectivity index is 1.92. The van der Waals surface area contributed by atoms with Crippen LogP contribution < -0.4 is 10.1 Å². The maximum absolute atomic E-state index is 11.7. The van der Waals surface area contributed by atoms with E-state index in [4.69, 9.17) is 4.74 Å². The number of nitrogens with one attached hydrogen (secondary N) is 1. The molecule has 0 unspecified atom stereocenters. The molecule has 0 spiro atoms. The summed E-state index contributed by atoms with van der Waals surface area (Å²) in [5.41, 5.74) is 2.19. The second-order valence-corrected chi connectivity index (χ2v) is 4.25. The van der Waals surface area contributed by atoms with Gasteiger partial charge in [-0.3, -0.25) is 4.79 Å². The van der Waals surface area contributed by atoms with Crippen molar-refractivity contribution < 1.29 is 9.53 Å². The zero-order valence-corrected chi connectivity index (χ0v) is 11.0. The topological polar surface area (TPSA) is 51.2 Å². The van der Waals surface area contributed by atoms with Crippen LogP contribution in [0.3, 0.4) is 0 Å². The van der Waals surface area contributed by atoms with Crippen LogP contribution in [-0.4, -0.2) is 17.5 Å². The minimum Gasteiger partial charge on any atom is -0.483 e. The number of carbonyl (C=O) groups excluding carboxylic acids is 1. The Kier molecular flexibility index (Phi) is 4.13. The average molecular weight is 256 g/mol. The smallest absolute Gasteiger partial charge is 0.263 e. The largest absolute Gasteiger partial charge is 0.483 e. The first kappa shape index (κ1) is 13.1. The van der Waals surface area contributed by atoms with Crippen LogP contribution in [-0.2, 0) is 4.79 Å². The lowest BCUT2D eigenvalue weighted by molar-refractivity contribution is -0.118. The summed E-state index contributed by atoms with van der Waals surface area (Å²) in [7, 11) is 0. The van der Waals surface area contributed by atoms with E-state index >= 15 is 0 Å². The highest BCUT2D eigenvalue weighted by Gasteiger charge is 2.06. The van der Waals surface area contributed by atoms with Crippen LogP contribution in [0.2, 0.25) is 0 Å². The van der Waals surface area contributed by atoms with E-state index in [0.717, 1.165) is 16.9 Å². The van der Waals surface area contributed by atoms with Crippen molar-refractivity contribution in [2.24, 2.45) is 0 Å². The molecule has 0 bridgehead atoms. The van der Waals surface area contributed by atoms with Gasteiger partial charge in [0, 0.05) is 6.20 Å². The van der Waals surface area contributed by atoms with Gasteiger partial charge in [-0.25, -0.2) is 4.98 Å². The molecule has 1 aromatic carbocycles. The number of hydrogen-bond acceptors (Lipinski definition) is 3. The molecular weight excluding hydrogens is 240 g/mol. The third-order valence-electron chi connectivity index (χ3n) is 2.85. The maximum atomic E-state index is 11.7. The third-order valence-corrected chi connectivity index (χ3v) is 2.85. The Bertz CT molecular complexity index is 568. The molecule has 98 valence electrons. The Labute approximate surface area is 112 Å². The highest BCUT2D eigenvalue weighted by Crippen LogP contribution is 2.20. The van der Waals surface area contributed by atoms with Crippen LogP contribution in [0.25, 0.3) is 0 Å². The van der Waals surface area contributed by atoms with Crippen LogP contribution >= 0.6 is 0 Å². The molecule has 4 nitrogen and oxygen atoms in total. The van der Waals surface area contributed by atoms with Gasteiger partial charge in [-0.05, 0) is 43.2 Å². The fraction of sp³-hybridized carbons (Fsp3) is 0.200. The number of aromatic nitrogens is 1. The average Bonchev–Trinajstić information content (AvgIpc) is 2.42. The summed E-state index contributed by atoms with van der Waals surface area (Å²) >= 11 is 0. The Morgan fingerprint density at radius 2 is 2.05 bits per heavy atom. The van der Waals surface area contributed by atoms with Crippen molar-refractivity contribution in [3.8, 4) is 5.75 Å². The van der Waals surface area contributed by atoms with Crippen molar-refractivity contribution in [3.05, 3.63) is 53.7 Å². The summed E-state index contributed by atoms with van der Waals surface area (Å²) in [6.45, 7) is 3.96. The molecule has 0 aliphatic heterocycles. The predicted molar refractivity (Wildman–Crippen MR) is 74.3 cm³/mol. The Hall–Kier alpha value is -2.36. The number of benzene rings is 1. The Morgan fingerprint density at radius 1 is 1.21 bits per heavy atom. The summed E-state index contributed by atoms with van der Waals surface area (Å²) in [6, 6.07) is 11.1. The minimum absolute atomic E-state index is 0.0269. The fourth-order valence-corrected chi connectivity index (χ4v) is 1.64. The van der Waals surface area contributed by atoms with E-state index < -0.39 is 0 Å². The van der Waals surface area contributed by atoms with Crippen LogP contribution in [0, 0.1) is 13.8 Å². The van der Waals surface area contributed by atoms with Crippen molar-refractivity contribution in [1.29, 1.82) is 0 Å². The zero-order valence-electron chi connectivity index (χ0n) is 11.0. The number of aryl methyl sites for hydroxylation is 1. The van der Waals surface area contributed by atoms with E-state index in [2.05, 4.69) is 10.3 Å². The number of ether oxygens (including phenoxy) is 1. The van der Waals surface area contributed by atoms with Gasteiger partial charge in [0.15, 0.2) is 6.61 Å². The molecule has 0 saturated heterocycles. The van der Waals surface area contributed by atoms with Crippen molar-refractivity contribution in [2.45, 2.75) is 13.8 Å². The van der Waals surface area contributed by atoms with Gasteiger partial charge in [0.1, 0.15) is 11.6 Å². The Morgan fingerprint density at radius 3 is 2.79 bits per heavy atom. The van der Waals surface area contributed by atoms with Gasteiger partial charge in [-0.15, -0.1) is 0 Å². The molecule has 19 heavy (non-hydrogen) atoms. The third kappa shape index (κ3) is 3.55. The highest BCUT2D eigenvalue weighted by molar-refractivity contribution is 5.90. The van der Waals surface area contributed by atoms with Crippen molar-refractivity contribution >= 4 is 11.7 Å². The minimum atomic E-state index is -0.223. The van der Waals surface area contributed by atoms with Gasteiger partial charge in [-0.1, -0.05) is 18.2 Å². The molecule has 0 fully saturated rings. The van der Waals surface area contributed by atoms with Crippen LogP contribution in [0.1, 0.15) is 11.1 Å². The molecule has 1 aromatic heterocycles. The molecule has 0 radical (unpaired) electrons. The molecule has 1 heterocycles. The van der Waals surface area contributed by atoms with Crippen LogP contribution in [0.5, 0.6) is 5.75 Å². The van der Waals surface area contributed by atoms with Gasteiger partial charge in [0.05, 0.1) is 0 Å². The van der Waals surface area contributed by atoms with Gasteiger partial charge in [0.2, 0.25) is 0 Å². The molecule has 0 aliphatic carbocycles. The molecule has 2 rings (SSSR count). The lowest BCUT2D eigenvalue weighted by Gasteiger charge is -2.10. The molecular formula is C15H16N2O2. The fourth-order valence-electron chi connectivity index (χ4n) is 1.64. The number of carbonyl (C=O) groups is 1. The number of amides is 1. The summed E-state index contributed by atoms with van der Waals surface area (Å²) in [4.78, 5) is 15.7. The molecule has 0 aliphatic rings. The van der Waals surface area contributed by atoms with Crippen molar-refractivity contribution in [3.63, 3.8) is 0 Å². The molecule has 0 saturated carbocycles. The maximum Gasteiger partial charge on any atom is 0.263 e. The number of pyridine rings is 1. The molecule has 1 amide bonds. The first-order chi connectivity index (χ1) is 9.16. The number of hydrogen-bond donors (Lipinski definition) is 1. The van der Waals surface area contributed by atoms with Gasteiger partial charge < -0.3 is 10.1 Å². The summed E-state index contributed by atoms with van der Waals surface area (Å²) < 4.78 is 5.51. The van der Waals surface area contributed by atoms with E-state index in [1.54, 1.807) is 18.3 Å². The van der Waals surface area contributed by atoms with Crippen LogP contribution in [0.4, 0.5) is 5.82 Å². The van der Waals surface area contributed by atoms with Crippen molar-refractivity contribution in [1.82, 2.24) is 4.98 Å². The molecule has 4 heteroatoms. The monoisotopic (exact) mass is 256 g/mol. The van der Waals surface area contributed by atoms with E-state index in [-0.39, 0.29) is 12.5 Å². The second kappa shape index (κ2) is 6.00. The zero-order chi connectivity index (χ0) is 13.7. The SMILES string of the molecule is Cc1cccc(OCC(=O)Nc2ccccn2)c1C. The second-order valence-electron chi connectivity index (χ2n) is 4.25. The number of rotatable bonds is 4. The molecule has 0 atom stereocenters. The first-order valence-corrected chi connectivity index (χ1v) is 6.06. The quantitative estimate of drug-likeness (QED) is 0.915. The van der Waals surface area contributed by atoms with E-state index in [1.807, 2.05) is 38.1 Å². The lowest BCUT2D eigenvalue weighted by Crippen LogP contribution is -2.20. The molecule has 1 N–H and O–H groups in total. The van der Waals surface area contributed by atoms with E-state index in [1.165, 1.54) is 0 Å². The molecule has 2 aromatic rings. The first-order valence-electron chi connectivity index (χ1n) is 6.06. The van der Waals surface area contributed by atoms with E-state index in [0.29, 0.717) is 5.82 Å². The van der Waals surface area contributed by atoms with Crippen LogP contribution in [0.15, 0.2) is 42.6 Å². The van der Waals surface area contributed by atoms with Gasteiger partial charge >= 0.3 is 0 Å². The standard InChI is InChI=1S/C15H16N2O2/c1-11-6-5-7-13(12(11)2)19-10-15(18)17-14-8-3-4-9-16-14/h3-9H,10H2,1-2H3,(H,16,17,18). The predicted octanol–water partition coefficient (Wildman–Crippen LogP) is 2.72. The summed E-state index contributed by atoms with van der Waals surface area (Å²) in [5.74, 6) is 1.04. The van der Waals surface area contributed by atoms with Gasteiger partial charge in [-0.2, -0.15) is 0 Å². The highest BCUT2D eigenvalue weighted by atomic mass is 16.5. The lowest BCUT2D eigenvalue weighted by atomic mass is 10.1. The summed E-state index contributed by atoms with van der Waals surface area (Å²) in [6.07, 6.45) is 1.63. The number of anilines is 1. The van der Waals surface area contributed by atoms with Crippen molar-refractivity contribution in [2.75, 3.05) is 11.9 Å². The van der Waals surface area contributed by atoms with E-state index in [9.17, 15) is 4.79 Å².